The van der Waals surface area contributed by atoms with Crippen LogP contribution < -0.4 is 5.56 Å². The van der Waals surface area contributed by atoms with Crippen molar-refractivity contribution in [2.24, 2.45) is 0 Å². The number of rotatable bonds is 3. The van der Waals surface area contributed by atoms with E-state index >= 15 is 0 Å². The zero-order valence-electron chi connectivity index (χ0n) is 10.2. The number of ether oxygens (including phenoxy) is 1. The van der Waals surface area contributed by atoms with Gasteiger partial charge in [0.2, 0.25) is 0 Å². The molecule has 1 N–H and O–H groups in total. The van der Waals surface area contributed by atoms with Crippen molar-refractivity contribution >= 4 is 10.9 Å². The van der Waals surface area contributed by atoms with E-state index in [0.717, 1.165) is 0 Å². The number of H-pyrrole nitrogens is 1. The predicted molar refractivity (Wildman–Crippen MR) is 67.0 cm³/mol. The van der Waals surface area contributed by atoms with Crippen LogP contribution in [-0.4, -0.2) is 16.1 Å². The predicted octanol–water partition coefficient (Wildman–Crippen LogP) is 2.41. The summed E-state index contributed by atoms with van der Waals surface area (Å²) < 4.78 is 5.61. The van der Waals surface area contributed by atoms with Gasteiger partial charge in [-0.25, -0.2) is 4.98 Å². The van der Waals surface area contributed by atoms with Crippen LogP contribution in [0.5, 0.6) is 0 Å². The van der Waals surface area contributed by atoms with Gasteiger partial charge < -0.3 is 9.72 Å². The SMILES string of the molecule is CC(C)OC(C)c1nc2ccccc2c(=O)[nH]1. The number of benzene rings is 1. The number of nitrogens with one attached hydrogen (secondary N) is 1. The third-order valence-corrected chi connectivity index (χ3v) is 2.49. The minimum Gasteiger partial charge on any atom is -0.368 e. The number of fused-ring (bicyclic) bond motifs is 1. The standard InChI is InChI=1S/C13H16N2O2/c1-8(2)17-9(3)12-14-11-7-5-4-6-10(11)13(16)15-12/h4-9H,1-3H3,(H,14,15,16). The first-order chi connectivity index (χ1) is 8.08. The minimum absolute atomic E-state index is 0.0989. The average Bonchev–Trinajstić information content (AvgIpc) is 2.28. The molecule has 1 aromatic carbocycles. The van der Waals surface area contributed by atoms with Crippen molar-refractivity contribution in [1.29, 1.82) is 0 Å². The summed E-state index contributed by atoms with van der Waals surface area (Å²) in [5.74, 6) is 0.572. The summed E-state index contributed by atoms with van der Waals surface area (Å²) in [7, 11) is 0. The highest BCUT2D eigenvalue weighted by molar-refractivity contribution is 5.77. The lowest BCUT2D eigenvalue weighted by Crippen LogP contribution is -2.17. The first-order valence-electron chi connectivity index (χ1n) is 5.72. The average molecular weight is 232 g/mol. The Hall–Kier alpha value is -1.68. The van der Waals surface area contributed by atoms with Gasteiger partial charge in [-0.3, -0.25) is 4.79 Å². The Labute approximate surface area is 99.7 Å². The highest BCUT2D eigenvalue weighted by atomic mass is 16.5. The molecule has 1 unspecified atom stereocenters. The molecule has 1 aromatic heterocycles. The number of hydrogen-bond donors (Lipinski definition) is 1. The monoisotopic (exact) mass is 232 g/mol. The van der Waals surface area contributed by atoms with Crippen molar-refractivity contribution in [2.45, 2.75) is 33.0 Å². The van der Waals surface area contributed by atoms with Gasteiger partial charge in [-0.15, -0.1) is 0 Å². The molecule has 4 nitrogen and oxygen atoms in total. The summed E-state index contributed by atoms with van der Waals surface area (Å²) >= 11 is 0. The smallest absolute Gasteiger partial charge is 0.258 e. The second-order valence-electron chi connectivity index (χ2n) is 4.30. The summed E-state index contributed by atoms with van der Waals surface area (Å²) in [6.45, 7) is 5.79. The number of aromatic nitrogens is 2. The summed E-state index contributed by atoms with van der Waals surface area (Å²) in [6, 6.07) is 7.29. The number of nitrogens with zero attached hydrogens (tertiary/aromatic N) is 1. The van der Waals surface area contributed by atoms with Gasteiger partial charge >= 0.3 is 0 Å². The fraction of sp³-hybridized carbons (Fsp3) is 0.385. The van der Waals surface area contributed by atoms with Gasteiger partial charge in [0.05, 0.1) is 17.0 Å². The quantitative estimate of drug-likeness (QED) is 0.884. The third kappa shape index (κ3) is 2.53. The van der Waals surface area contributed by atoms with Crippen molar-refractivity contribution in [3.63, 3.8) is 0 Å². The molecular weight excluding hydrogens is 216 g/mol. The lowest BCUT2D eigenvalue weighted by molar-refractivity contribution is 0.0129. The van der Waals surface area contributed by atoms with Gasteiger partial charge in [-0.2, -0.15) is 0 Å². The maximum atomic E-state index is 11.8. The minimum atomic E-state index is -0.215. The van der Waals surface area contributed by atoms with E-state index in [-0.39, 0.29) is 17.8 Å². The fourth-order valence-corrected chi connectivity index (χ4v) is 1.77. The van der Waals surface area contributed by atoms with E-state index in [0.29, 0.717) is 16.7 Å². The fourth-order valence-electron chi connectivity index (χ4n) is 1.77. The van der Waals surface area contributed by atoms with E-state index in [2.05, 4.69) is 9.97 Å². The molecule has 0 saturated heterocycles. The summed E-state index contributed by atoms with van der Waals surface area (Å²) in [5, 5.41) is 0.605. The summed E-state index contributed by atoms with van der Waals surface area (Å²) in [4.78, 5) is 19.0. The Balaban J connectivity index is 2.46. The molecule has 0 aliphatic heterocycles. The molecule has 2 rings (SSSR count). The highest BCUT2D eigenvalue weighted by Gasteiger charge is 2.12. The van der Waals surface area contributed by atoms with Gasteiger partial charge in [-0.05, 0) is 32.9 Å². The van der Waals surface area contributed by atoms with Crippen molar-refractivity contribution in [3.05, 3.63) is 40.4 Å². The molecular formula is C13H16N2O2. The van der Waals surface area contributed by atoms with E-state index in [9.17, 15) is 4.79 Å². The zero-order valence-corrected chi connectivity index (χ0v) is 10.2. The topological polar surface area (TPSA) is 55.0 Å². The van der Waals surface area contributed by atoms with Crippen molar-refractivity contribution in [1.82, 2.24) is 9.97 Å². The second-order valence-corrected chi connectivity index (χ2v) is 4.30. The van der Waals surface area contributed by atoms with E-state index in [4.69, 9.17) is 4.74 Å². The molecule has 1 atom stereocenters. The van der Waals surface area contributed by atoms with Crippen LogP contribution >= 0.6 is 0 Å². The highest BCUT2D eigenvalue weighted by Crippen LogP contribution is 2.15. The Morgan fingerprint density at radius 1 is 1.24 bits per heavy atom. The molecule has 0 fully saturated rings. The zero-order chi connectivity index (χ0) is 12.4. The van der Waals surface area contributed by atoms with Crippen LogP contribution in [0.2, 0.25) is 0 Å². The van der Waals surface area contributed by atoms with Crippen molar-refractivity contribution in [3.8, 4) is 0 Å². The Kier molecular flexibility index (Phi) is 3.24. The second kappa shape index (κ2) is 4.67. The first kappa shape index (κ1) is 11.8. The number of aromatic amines is 1. The van der Waals surface area contributed by atoms with Gasteiger partial charge in [0, 0.05) is 0 Å². The van der Waals surface area contributed by atoms with Crippen LogP contribution in [0.4, 0.5) is 0 Å². The molecule has 0 aliphatic carbocycles. The normalized spacial score (nSPS) is 13.2. The maximum absolute atomic E-state index is 11.8. The third-order valence-electron chi connectivity index (χ3n) is 2.49. The van der Waals surface area contributed by atoms with E-state index < -0.39 is 0 Å². The van der Waals surface area contributed by atoms with Gasteiger partial charge in [-0.1, -0.05) is 12.1 Å². The van der Waals surface area contributed by atoms with Gasteiger partial charge in [0.25, 0.3) is 5.56 Å². The Morgan fingerprint density at radius 3 is 2.65 bits per heavy atom. The summed E-state index contributed by atoms with van der Waals surface area (Å²) in [5.41, 5.74) is 0.579. The van der Waals surface area contributed by atoms with Crippen LogP contribution in [0.3, 0.4) is 0 Å². The lowest BCUT2D eigenvalue weighted by Gasteiger charge is -2.15. The van der Waals surface area contributed by atoms with Crippen LogP contribution in [0, 0.1) is 0 Å². The maximum Gasteiger partial charge on any atom is 0.258 e. The van der Waals surface area contributed by atoms with E-state index in [1.54, 1.807) is 6.07 Å². The van der Waals surface area contributed by atoms with Crippen LogP contribution in [0.15, 0.2) is 29.1 Å². The molecule has 2 aromatic rings. The molecule has 0 aliphatic rings. The van der Waals surface area contributed by atoms with Crippen LogP contribution in [-0.2, 0) is 4.74 Å². The van der Waals surface area contributed by atoms with Crippen molar-refractivity contribution in [2.75, 3.05) is 0 Å². The molecule has 1 heterocycles. The lowest BCUT2D eigenvalue weighted by atomic mass is 10.2. The van der Waals surface area contributed by atoms with Crippen LogP contribution in [0.25, 0.3) is 10.9 Å². The Morgan fingerprint density at radius 2 is 1.94 bits per heavy atom. The number of para-hydroxylation sites is 1. The molecule has 0 radical (unpaired) electrons. The molecule has 0 bridgehead atoms. The van der Waals surface area contributed by atoms with Gasteiger partial charge in [0.15, 0.2) is 0 Å². The molecule has 0 saturated carbocycles. The van der Waals surface area contributed by atoms with Crippen molar-refractivity contribution < 1.29 is 4.74 Å². The summed E-state index contributed by atoms with van der Waals surface area (Å²) in [6.07, 6.45) is -0.117. The molecule has 0 amide bonds. The van der Waals surface area contributed by atoms with Gasteiger partial charge in [0.1, 0.15) is 11.9 Å². The molecule has 17 heavy (non-hydrogen) atoms. The molecule has 90 valence electrons. The number of hydrogen-bond acceptors (Lipinski definition) is 3. The molecule has 4 heteroatoms. The van der Waals surface area contributed by atoms with Crippen LogP contribution in [0.1, 0.15) is 32.7 Å². The van der Waals surface area contributed by atoms with E-state index in [1.807, 2.05) is 39.0 Å². The van der Waals surface area contributed by atoms with E-state index in [1.165, 1.54) is 0 Å². The molecule has 0 spiro atoms. The Bertz CT molecular complexity index is 575. The largest absolute Gasteiger partial charge is 0.368 e. The first-order valence-corrected chi connectivity index (χ1v) is 5.72.